The minimum absolute atomic E-state index is 0.0878. The number of para-hydroxylation sites is 1. The Morgan fingerprint density at radius 2 is 2.05 bits per heavy atom. The molecule has 1 saturated carbocycles. The molecule has 1 aliphatic carbocycles. The molecular formula is C13H15FN2O3. The summed E-state index contributed by atoms with van der Waals surface area (Å²) in [5.74, 6) is -2.10. The van der Waals surface area contributed by atoms with Gasteiger partial charge in [-0.25, -0.2) is 4.39 Å². The van der Waals surface area contributed by atoms with Crippen molar-refractivity contribution in [3.8, 4) is 0 Å². The standard InChI is InChI=1S/C13H15FN2O3/c14-9-2-1-3-10(15-8-4-5-8)13(9)16-11(17)6-7-12(18)19/h1-3,8,15H,4-7H2,(H,16,17)(H,18,19). The molecule has 0 aromatic heterocycles. The van der Waals surface area contributed by atoms with Gasteiger partial charge in [0, 0.05) is 12.5 Å². The largest absolute Gasteiger partial charge is 0.481 e. The Morgan fingerprint density at radius 1 is 1.32 bits per heavy atom. The quantitative estimate of drug-likeness (QED) is 0.737. The van der Waals surface area contributed by atoms with Crippen molar-refractivity contribution in [3.63, 3.8) is 0 Å². The Morgan fingerprint density at radius 3 is 2.68 bits per heavy atom. The van der Waals surface area contributed by atoms with E-state index in [0.717, 1.165) is 12.8 Å². The highest BCUT2D eigenvalue weighted by atomic mass is 19.1. The van der Waals surface area contributed by atoms with Crippen molar-refractivity contribution in [2.75, 3.05) is 10.6 Å². The lowest BCUT2D eigenvalue weighted by molar-refractivity contribution is -0.138. The van der Waals surface area contributed by atoms with Gasteiger partial charge in [-0.05, 0) is 25.0 Å². The van der Waals surface area contributed by atoms with Gasteiger partial charge in [-0.3, -0.25) is 9.59 Å². The van der Waals surface area contributed by atoms with E-state index in [0.29, 0.717) is 11.7 Å². The molecule has 0 unspecified atom stereocenters. The number of carboxylic acids is 1. The molecule has 6 heteroatoms. The number of benzene rings is 1. The SMILES string of the molecule is O=C(O)CCC(=O)Nc1c(F)cccc1NC1CC1. The van der Waals surface area contributed by atoms with Crippen LogP contribution < -0.4 is 10.6 Å². The smallest absolute Gasteiger partial charge is 0.303 e. The number of hydrogen-bond donors (Lipinski definition) is 3. The van der Waals surface area contributed by atoms with Gasteiger partial charge in [0.1, 0.15) is 11.5 Å². The Kier molecular flexibility index (Phi) is 3.99. The summed E-state index contributed by atoms with van der Waals surface area (Å²) in [7, 11) is 0. The van der Waals surface area contributed by atoms with E-state index >= 15 is 0 Å². The Bertz CT molecular complexity index is 501. The fourth-order valence-electron chi connectivity index (χ4n) is 1.64. The summed E-state index contributed by atoms with van der Waals surface area (Å²) in [5.41, 5.74) is 0.621. The molecule has 0 saturated heterocycles. The molecule has 19 heavy (non-hydrogen) atoms. The number of anilines is 2. The third-order valence-corrected chi connectivity index (χ3v) is 2.78. The Balaban J connectivity index is 2.04. The van der Waals surface area contributed by atoms with Crippen LogP contribution in [0, 0.1) is 5.82 Å². The Labute approximate surface area is 109 Å². The topological polar surface area (TPSA) is 78.4 Å². The van der Waals surface area contributed by atoms with Crippen molar-refractivity contribution in [3.05, 3.63) is 24.0 Å². The van der Waals surface area contributed by atoms with Crippen LogP contribution in [0.1, 0.15) is 25.7 Å². The van der Waals surface area contributed by atoms with Crippen LogP contribution in [0.15, 0.2) is 18.2 Å². The van der Waals surface area contributed by atoms with Crippen LogP contribution in [-0.2, 0) is 9.59 Å². The zero-order valence-electron chi connectivity index (χ0n) is 10.3. The van der Waals surface area contributed by atoms with E-state index in [2.05, 4.69) is 10.6 Å². The minimum Gasteiger partial charge on any atom is -0.481 e. The van der Waals surface area contributed by atoms with E-state index in [9.17, 15) is 14.0 Å². The van der Waals surface area contributed by atoms with Gasteiger partial charge in [0.15, 0.2) is 0 Å². The lowest BCUT2D eigenvalue weighted by atomic mass is 10.2. The lowest BCUT2D eigenvalue weighted by Crippen LogP contribution is -2.16. The molecule has 2 rings (SSSR count). The summed E-state index contributed by atoms with van der Waals surface area (Å²) < 4.78 is 13.7. The van der Waals surface area contributed by atoms with Crippen LogP contribution in [-0.4, -0.2) is 23.0 Å². The molecule has 0 bridgehead atoms. The van der Waals surface area contributed by atoms with E-state index in [1.54, 1.807) is 12.1 Å². The molecule has 3 N–H and O–H groups in total. The second kappa shape index (κ2) is 5.69. The zero-order valence-corrected chi connectivity index (χ0v) is 10.3. The third-order valence-electron chi connectivity index (χ3n) is 2.78. The number of carbonyl (C=O) groups excluding carboxylic acids is 1. The second-order valence-electron chi connectivity index (χ2n) is 4.52. The van der Waals surface area contributed by atoms with Crippen molar-refractivity contribution in [2.45, 2.75) is 31.7 Å². The normalized spacial score (nSPS) is 13.9. The van der Waals surface area contributed by atoms with E-state index in [4.69, 9.17) is 5.11 Å². The molecule has 1 amide bonds. The van der Waals surface area contributed by atoms with Crippen LogP contribution >= 0.6 is 0 Å². The molecule has 0 heterocycles. The maximum absolute atomic E-state index is 13.7. The number of aliphatic carboxylic acids is 1. The van der Waals surface area contributed by atoms with Crippen LogP contribution in [0.3, 0.4) is 0 Å². The van der Waals surface area contributed by atoms with E-state index < -0.39 is 17.7 Å². The Hall–Kier alpha value is -2.11. The highest BCUT2D eigenvalue weighted by molar-refractivity contribution is 5.95. The van der Waals surface area contributed by atoms with Crippen molar-refractivity contribution < 1.29 is 19.1 Å². The van der Waals surface area contributed by atoms with Crippen LogP contribution in [0.5, 0.6) is 0 Å². The van der Waals surface area contributed by atoms with Gasteiger partial charge >= 0.3 is 5.97 Å². The first kappa shape index (κ1) is 13.3. The summed E-state index contributed by atoms with van der Waals surface area (Å²) in [6.45, 7) is 0. The average molecular weight is 266 g/mol. The minimum atomic E-state index is -1.06. The fraction of sp³-hybridized carbons (Fsp3) is 0.385. The number of carbonyl (C=O) groups is 2. The number of rotatable bonds is 6. The molecule has 0 aliphatic heterocycles. The molecule has 1 aromatic carbocycles. The molecule has 0 radical (unpaired) electrons. The maximum atomic E-state index is 13.7. The zero-order chi connectivity index (χ0) is 13.8. The number of carboxylic acid groups (broad SMARTS) is 1. The van der Waals surface area contributed by atoms with Crippen LogP contribution in [0.25, 0.3) is 0 Å². The lowest BCUT2D eigenvalue weighted by Gasteiger charge is -2.13. The first-order chi connectivity index (χ1) is 9.06. The third kappa shape index (κ3) is 3.94. The molecule has 5 nitrogen and oxygen atoms in total. The van der Waals surface area contributed by atoms with Crippen LogP contribution in [0.2, 0.25) is 0 Å². The van der Waals surface area contributed by atoms with Gasteiger partial charge in [-0.2, -0.15) is 0 Å². The van der Waals surface area contributed by atoms with Crippen molar-refractivity contribution in [1.29, 1.82) is 0 Å². The first-order valence-corrected chi connectivity index (χ1v) is 6.13. The van der Waals surface area contributed by atoms with Gasteiger partial charge in [-0.1, -0.05) is 6.07 Å². The average Bonchev–Trinajstić information content (AvgIpc) is 3.15. The fourth-order valence-corrected chi connectivity index (χ4v) is 1.64. The number of hydrogen-bond acceptors (Lipinski definition) is 3. The van der Waals surface area contributed by atoms with Crippen LogP contribution in [0.4, 0.5) is 15.8 Å². The molecule has 0 spiro atoms. The molecular weight excluding hydrogens is 251 g/mol. The molecule has 1 aromatic rings. The first-order valence-electron chi connectivity index (χ1n) is 6.13. The number of halogens is 1. The highest BCUT2D eigenvalue weighted by Crippen LogP contribution is 2.31. The van der Waals surface area contributed by atoms with E-state index in [-0.39, 0.29) is 18.5 Å². The van der Waals surface area contributed by atoms with E-state index in [1.807, 2.05) is 0 Å². The summed E-state index contributed by atoms with van der Waals surface area (Å²) in [5, 5.41) is 14.1. The van der Waals surface area contributed by atoms with Gasteiger partial charge in [0.2, 0.25) is 5.91 Å². The molecule has 0 atom stereocenters. The van der Waals surface area contributed by atoms with Crippen molar-refractivity contribution in [2.24, 2.45) is 0 Å². The van der Waals surface area contributed by atoms with E-state index in [1.165, 1.54) is 6.07 Å². The maximum Gasteiger partial charge on any atom is 0.303 e. The van der Waals surface area contributed by atoms with Gasteiger partial charge in [-0.15, -0.1) is 0 Å². The number of nitrogens with one attached hydrogen (secondary N) is 2. The van der Waals surface area contributed by atoms with Crippen molar-refractivity contribution in [1.82, 2.24) is 0 Å². The molecule has 1 fully saturated rings. The molecule has 1 aliphatic rings. The second-order valence-corrected chi connectivity index (χ2v) is 4.52. The predicted octanol–water partition coefficient (Wildman–Crippen LogP) is 2.20. The van der Waals surface area contributed by atoms with Crippen molar-refractivity contribution >= 4 is 23.3 Å². The monoisotopic (exact) mass is 266 g/mol. The van der Waals surface area contributed by atoms with Gasteiger partial charge in [0.05, 0.1) is 12.1 Å². The van der Waals surface area contributed by atoms with Gasteiger partial charge in [0.25, 0.3) is 0 Å². The highest BCUT2D eigenvalue weighted by Gasteiger charge is 2.23. The summed E-state index contributed by atoms with van der Waals surface area (Å²) in [4.78, 5) is 21.9. The summed E-state index contributed by atoms with van der Waals surface area (Å²) >= 11 is 0. The number of amides is 1. The predicted molar refractivity (Wildman–Crippen MR) is 68.5 cm³/mol. The summed E-state index contributed by atoms with van der Waals surface area (Å²) in [6.07, 6.45) is 1.62. The summed E-state index contributed by atoms with van der Waals surface area (Å²) in [6, 6.07) is 4.84. The molecule has 102 valence electrons. The van der Waals surface area contributed by atoms with Gasteiger partial charge < -0.3 is 15.7 Å².